The summed E-state index contributed by atoms with van der Waals surface area (Å²) in [7, 11) is 0. The molecule has 0 spiro atoms. The van der Waals surface area contributed by atoms with Crippen LogP contribution < -0.4 is 0 Å². The molecule has 3 rings (SSSR count). The molecule has 22 heavy (non-hydrogen) atoms. The summed E-state index contributed by atoms with van der Waals surface area (Å²) in [5, 5.41) is 12.9. The highest BCUT2D eigenvalue weighted by atomic mass is 35.5. The molecule has 0 saturated heterocycles. The van der Waals surface area contributed by atoms with E-state index >= 15 is 0 Å². The Labute approximate surface area is 136 Å². The number of halogens is 2. The molecular formula is C15H12ClFN4S. The summed E-state index contributed by atoms with van der Waals surface area (Å²) in [6.45, 7) is 0.604. The first-order valence-corrected chi connectivity index (χ1v) is 7.95. The van der Waals surface area contributed by atoms with Crippen LogP contribution in [0.15, 0.2) is 53.7 Å². The van der Waals surface area contributed by atoms with Gasteiger partial charge in [-0.3, -0.25) is 0 Å². The Kier molecular flexibility index (Phi) is 4.70. The lowest BCUT2D eigenvalue weighted by Crippen LogP contribution is -2.03. The van der Waals surface area contributed by atoms with Gasteiger partial charge in [-0.05, 0) is 33.7 Å². The number of rotatable bonds is 5. The van der Waals surface area contributed by atoms with Gasteiger partial charge in [0.15, 0.2) is 0 Å². The third-order valence-corrected chi connectivity index (χ3v) is 4.40. The number of nitrogens with zero attached hydrogens (tertiary/aromatic N) is 4. The number of aromatic nitrogens is 4. The fraction of sp³-hybridized carbons (Fsp3) is 0.133. The monoisotopic (exact) mass is 334 g/mol. The highest BCUT2D eigenvalue weighted by Gasteiger charge is 2.09. The molecule has 1 heterocycles. The van der Waals surface area contributed by atoms with Gasteiger partial charge in [-0.15, -0.1) is 5.10 Å². The van der Waals surface area contributed by atoms with Crippen LogP contribution in [0, 0.1) is 5.82 Å². The van der Waals surface area contributed by atoms with E-state index in [1.165, 1.54) is 23.9 Å². The number of thioether (sulfide) groups is 1. The van der Waals surface area contributed by atoms with Crippen LogP contribution in [0.25, 0.3) is 0 Å². The summed E-state index contributed by atoms with van der Waals surface area (Å²) < 4.78 is 14.8. The van der Waals surface area contributed by atoms with Crippen LogP contribution in [0.4, 0.5) is 4.39 Å². The van der Waals surface area contributed by atoms with E-state index in [9.17, 15) is 4.39 Å². The van der Waals surface area contributed by atoms with Crippen molar-refractivity contribution in [2.45, 2.75) is 17.5 Å². The highest BCUT2D eigenvalue weighted by molar-refractivity contribution is 7.98. The van der Waals surface area contributed by atoms with Crippen molar-refractivity contribution < 1.29 is 4.39 Å². The van der Waals surface area contributed by atoms with E-state index in [1.807, 2.05) is 30.3 Å². The lowest BCUT2D eigenvalue weighted by Gasteiger charge is -2.06. The second kappa shape index (κ2) is 6.89. The van der Waals surface area contributed by atoms with Crippen LogP contribution in [0.1, 0.15) is 11.1 Å². The summed E-state index contributed by atoms with van der Waals surface area (Å²) >= 11 is 7.49. The standard InChI is InChI=1S/C15H12ClFN4S/c16-14-8-13(17)7-6-12(14)10-22-15-18-19-20-21(15)9-11-4-2-1-3-5-11/h1-8H,9-10H2. The molecule has 1 aromatic heterocycles. The van der Waals surface area contributed by atoms with E-state index in [-0.39, 0.29) is 5.82 Å². The minimum Gasteiger partial charge on any atom is -0.216 e. The fourth-order valence-corrected chi connectivity index (χ4v) is 3.13. The Balaban J connectivity index is 1.70. The van der Waals surface area contributed by atoms with E-state index in [0.717, 1.165) is 11.1 Å². The average molecular weight is 335 g/mol. The minimum atomic E-state index is -0.340. The molecule has 0 amide bonds. The predicted octanol–water partition coefficient (Wildman–Crippen LogP) is 3.81. The SMILES string of the molecule is Fc1ccc(CSc2nnnn2Cc2ccccc2)c(Cl)c1. The zero-order valence-corrected chi connectivity index (χ0v) is 13.1. The Morgan fingerprint density at radius 1 is 1.14 bits per heavy atom. The molecule has 2 aromatic carbocycles. The van der Waals surface area contributed by atoms with Gasteiger partial charge < -0.3 is 0 Å². The van der Waals surface area contributed by atoms with Gasteiger partial charge in [0.2, 0.25) is 5.16 Å². The highest BCUT2D eigenvalue weighted by Crippen LogP contribution is 2.26. The summed E-state index contributed by atoms with van der Waals surface area (Å²) in [5.74, 6) is 0.238. The maximum atomic E-state index is 13.0. The van der Waals surface area contributed by atoms with E-state index in [0.29, 0.717) is 22.5 Å². The van der Waals surface area contributed by atoms with Gasteiger partial charge in [0, 0.05) is 10.8 Å². The van der Waals surface area contributed by atoms with Gasteiger partial charge in [0.25, 0.3) is 0 Å². The lowest BCUT2D eigenvalue weighted by atomic mass is 10.2. The second-order valence-corrected chi connectivity index (χ2v) is 5.98. The quantitative estimate of drug-likeness (QED) is 0.666. The number of benzene rings is 2. The first-order valence-electron chi connectivity index (χ1n) is 6.59. The largest absolute Gasteiger partial charge is 0.216 e. The summed E-state index contributed by atoms with van der Waals surface area (Å²) in [6.07, 6.45) is 0. The zero-order chi connectivity index (χ0) is 15.4. The van der Waals surface area contributed by atoms with Gasteiger partial charge in [-0.25, -0.2) is 9.07 Å². The van der Waals surface area contributed by atoms with Crippen molar-refractivity contribution in [3.05, 3.63) is 70.5 Å². The van der Waals surface area contributed by atoms with Crippen LogP contribution >= 0.6 is 23.4 Å². The Bertz CT molecular complexity index is 763. The Morgan fingerprint density at radius 2 is 1.95 bits per heavy atom. The van der Waals surface area contributed by atoms with Crippen LogP contribution in [0.3, 0.4) is 0 Å². The molecule has 7 heteroatoms. The maximum absolute atomic E-state index is 13.0. The molecule has 0 saturated carbocycles. The van der Waals surface area contributed by atoms with Crippen molar-refractivity contribution in [2.75, 3.05) is 0 Å². The molecule has 0 fully saturated rings. The third-order valence-electron chi connectivity index (χ3n) is 3.05. The van der Waals surface area contributed by atoms with Crippen molar-refractivity contribution >= 4 is 23.4 Å². The van der Waals surface area contributed by atoms with Crippen LogP contribution in [0.2, 0.25) is 5.02 Å². The van der Waals surface area contributed by atoms with Gasteiger partial charge in [-0.1, -0.05) is 59.8 Å². The molecule has 0 N–H and O–H groups in total. The summed E-state index contributed by atoms with van der Waals surface area (Å²) in [5.41, 5.74) is 1.97. The van der Waals surface area contributed by atoms with Gasteiger partial charge in [0.05, 0.1) is 6.54 Å². The minimum absolute atomic E-state index is 0.340. The van der Waals surface area contributed by atoms with Crippen LogP contribution in [-0.4, -0.2) is 20.2 Å². The molecule has 0 radical (unpaired) electrons. The van der Waals surface area contributed by atoms with E-state index in [1.54, 1.807) is 10.7 Å². The predicted molar refractivity (Wildman–Crippen MR) is 84.3 cm³/mol. The first kappa shape index (κ1) is 15.0. The van der Waals surface area contributed by atoms with Crippen molar-refractivity contribution in [3.63, 3.8) is 0 Å². The molecular weight excluding hydrogens is 323 g/mol. The van der Waals surface area contributed by atoms with Crippen LogP contribution in [0.5, 0.6) is 0 Å². The summed E-state index contributed by atoms with van der Waals surface area (Å²) in [6, 6.07) is 14.3. The number of tetrazole rings is 1. The molecule has 0 aliphatic heterocycles. The van der Waals surface area contributed by atoms with E-state index < -0.39 is 0 Å². The van der Waals surface area contributed by atoms with Gasteiger partial charge in [-0.2, -0.15) is 0 Å². The molecule has 0 bridgehead atoms. The average Bonchev–Trinajstić information content (AvgIpc) is 2.95. The molecule has 0 atom stereocenters. The van der Waals surface area contributed by atoms with Crippen molar-refractivity contribution in [2.24, 2.45) is 0 Å². The molecule has 4 nitrogen and oxygen atoms in total. The van der Waals surface area contributed by atoms with E-state index in [4.69, 9.17) is 11.6 Å². The zero-order valence-electron chi connectivity index (χ0n) is 11.5. The molecule has 112 valence electrons. The third kappa shape index (κ3) is 3.64. The van der Waals surface area contributed by atoms with Crippen LogP contribution in [-0.2, 0) is 12.3 Å². The molecule has 0 aliphatic carbocycles. The Morgan fingerprint density at radius 3 is 2.73 bits per heavy atom. The smallest absolute Gasteiger partial charge is 0.209 e. The van der Waals surface area contributed by atoms with Gasteiger partial charge >= 0.3 is 0 Å². The lowest BCUT2D eigenvalue weighted by molar-refractivity contribution is 0.603. The molecule has 0 unspecified atom stereocenters. The van der Waals surface area contributed by atoms with Crippen molar-refractivity contribution in [1.29, 1.82) is 0 Å². The van der Waals surface area contributed by atoms with Crippen molar-refractivity contribution in [3.8, 4) is 0 Å². The summed E-state index contributed by atoms with van der Waals surface area (Å²) in [4.78, 5) is 0. The first-order chi connectivity index (χ1) is 10.7. The molecule has 3 aromatic rings. The maximum Gasteiger partial charge on any atom is 0.209 e. The fourth-order valence-electron chi connectivity index (χ4n) is 1.94. The number of hydrogen-bond donors (Lipinski definition) is 0. The topological polar surface area (TPSA) is 43.6 Å². The van der Waals surface area contributed by atoms with E-state index in [2.05, 4.69) is 15.5 Å². The molecule has 0 aliphatic rings. The normalized spacial score (nSPS) is 10.8. The Hall–Kier alpha value is -1.92. The second-order valence-electron chi connectivity index (χ2n) is 4.63. The number of hydrogen-bond acceptors (Lipinski definition) is 4. The van der Waals surface area contributed by atoms with Gasteiger partial charge in [0.1, 0.15) is 5.82 Å². The van der Waals surface area contributed by atoms with Crippen molar-refractivity contribution in [1.82, 2.24) is 20.2 Å².